The van der Waals surface area contributed by atoms with E-state index in [1.165, 1.54) is 12.0 Å². The Morgan fingerprint density at radius 3 is 2.56 bits per heavy atom. The van der Waals surface area contributed by atoms with Crippen molar-refractivity contribution in [3.63, 3.8) is 0 Å². The van der Waals surface area contributed by atoms with Crippen LogP contribution in [0.5, 0.6) is 0 Å². The van der Waals surface area contributed by atoms with Gasteiger partial charge in [-0.05, 0) is 36.1 Å². The molecule has 2 aliphatic rings. The van der Waals surface area contributed by atoms with Crippen molar-refractivity contribution in [2.24, 2.45) is 17.6 Å². The first-order valence-corrected chi connectivity index (χ1v) is 9.71. The summed E-state index contributed by atoms with van der Waals surface area (Å²) in [6, 6.07) is 14.5. The van der Waals surface area contributed by atoms with Crippen LogP contribution in [-0.4, -0.2) is 36.0 Å². The Kier molecular flexibility index (Phi) is 4.98. The number of rotatable bonds is 5. The van der Waals surface area contributed by atoms with E-state index in [2.05, 4.69) is 40.2 Å². The third-order valence-corrected chi connectivity index (χ3v) is 6.33. The number of hydrogen-bond acceptors (Lipinski definition) is 4. The monoisotopic (exact) mass is 365 g/mol. The molecule has 2 bridgehead atoms. The number of hydrogen-bond donors (Lipinski definition) is 1. The summed E-state index contributed by atoms with van der Waals surface area (Å²) in [5.41, 5.74) is 7.81. The Hall–Kier alpha value is -2.24. The number of primary amides is 1. The van der Waals surface area contributed by atoms with Crippen molar-refractivity contribution >= 4 is 5.91 Å². The first-order chi connectivity index (χ1) is 13.1. The summed E-state index contributed by atoms with van der Waals surface area (Å²) in [6.45, 7) is 2.96. The number of amides is 1. The van der Waals surface area contributed by atoms with Gasteiger partial charge in [0.15, 0.2) is 0 Å². The zero-order valence-corrected chi connectivity index (χ0v) is 15.8. The van der Waals surface area contributed by atoms with Crippen LogP contribution in [0.15, 0.2) is 48.7 Å². The summed E-state index contributed by atoms with van der Waals surface area (Å²) in [6.07, 6.45) is 5.17. The van der Waals surface area contributed by atoms with Crippen LogP contribution in [0.1, 0.15) is 40.9 Å². The summed E-state index contributed by atoms with van der Waals surface area (Å²) in [5.74, 6) is 0.290. The molecule has 1 aliphatic carbocycles. The lowest BCUT2D eigenvalue weighted by molar-refractivity contribution is -0.170. The molecule has 5 nitrogen and oxygen atoms in total. The van der Waals surface area contributed by atoms with Crippen LogP contribution in [0, 0.1) is 11.8 Å². The molecule has 2 atom stereocenters. The molecule has 4 rings (SSSR count). The molecule has 142 valence electrons. The largest absolute Gasteiger partial charge is 0.373 e. The minimum Gasteiger partial charge on any atom is -0.373 e. The van der Waals surface area contributed by atoms with E-state index < -0.39 is 5.91 Å². The number of aromatic nitrogens is 1. The molecule has 2 N–H and O–H groups in total. The fourth-order valence-corrected chi connectivity index (χ4v) is 5.23. The number of piperidine rings is 1. The summed E-state index contributed by atoms with van der Waals surface area (Å²) >= 11 is 0. The van der Waals surface area contributed by atoms with Gasteiger partial charge in [0.2, 0.25) is 0 Å². The number of benzene rings is 1. The number of methoxy groups -OCH3 is 1. The lowest BCUT2D eigenvalue weighted by atomic mass is 9.62. The highest BCUT2D eigenvalue weighted by molar-refractivity contribution is 5.90. The van der Waals surface area contributed by atoms with E-state index in [1.54, 1.807) is 6.20 Å². The fourth-order valence-electron chi connectivity index (χ4n) is 5.23. The average molecular weight is 365 g/mol. The van der Waals surface area contributed by atoms with Crippen molar-refractivity contribution in [3.05, 3.63) is 65.5 Å². The minimum atomic E-state index is -0.491. The number of carbonyl (C=O) groups excluding carboxylic acids is 1. The lowest BCUT2D eigenvalue weighted by Crippen LogP contribution is -2.58. The van der Waals surface area contributed by atoms with E-state index >= 15 is 0 Å². The molecule has 2 unspecified atom stereocenters. The Morgan fingerprint density at radius 1 is 1.22 bits per heavy atom. The van der Waals surface area contributed by atoms with Crippen molar-refractivity contribution in [1.82, 2.24) is 9.88 Å². The minimum absolute atomic E-state index is 0.314. The maximum Gasteiger partial charge on any atom is 0.267 e. The Labute approximate surface area is 160 Å². The number of pyridine rings is 1. The van der Waals surface area contributed by atoms with Gasteiger partial charge in [0, 0.05) is 44.8 Å². The second-order valence-electron chi connectivity index (χ2n) is 7.80. The second kappa shape index (κ2) is 7.41. The van der Waals surface area contributed by atoms with Gasteiger partial charge in [-0.15, -0.1) is 0 Å². The van der Waals surface area contributed by atoms with Crippen LogP contribution < -0.4 is 5.73 Å². The Balaban J connectivity index is 1.64. The maximum atomic E-state index is 11.6. The highest BCUT2D eigenvalue weighted by Gasteiger charge is 2.53. The van der Waals surface area contributed by atoms with Gasteiger partial charge in [0.25, 0.3) is 5.91 Å². The van der Waals surface area contributed by atoms with Crippen LogP contribution in [0.25, 0.3) is 0 Å². The first-order valence-electron chi connectivity index (χ1n) is 9.71. The zero-order chi connectivity index (χ0) is 18.9. The molecule has 27 heavy (non-hydrogen) atoms. The molecular formula is C22H27N3O2. The van der Waals surface area contributed by atoms with E-state index in [4.69, 9.17) is 10.5 Å². The number of fused-ring (bicyclic) bond motifs is 2. The van der Waals surface area contributed by atoms with Gasteiger partial charge in [-0.1, -0.05) is 36.8 Å². The fraction of sp³-hybridized carbons (Fsp3) is 0.455. The third kappa shape index (κ3) is 3.26. The quantitative estimate of drug-likeness (QED) is 0.884. The normalized spacial score (nSPS) is 28.0. The van der Waals surface area contributed by atoms with Crippen molar-refractivity contribution < 1.29 is 9.53 Å². The molecular weight excluding hydrogens is 338 g/mol. The average Bonchev–Trinajstić information content (AvgIpc) is 2.68. The number of carbonyl (C=O) groups is 1. The molecule has 0 spiro atoms. The van der Waals surface area contributed by atoms with Crippen LogP contribution in [0.3, 0.4) is 0 Å². The molecule has 1 aliphatic heterocycles. The van der Waals surface area contributed by atoms with Crippen LogP contribution in [0.4, 0.5) is 0 Å². The molecule has 0 radical (unpaired) electrons. The zero-order valence-electron chi connectivity index (χ0n) is 15.8. The van der Waals surface area contributed by atoms with Gasteiger partial charge < -0.3 is 10.5 Å². The van der Waals surface area contributed by atoms with Gasteiger partial charge in [-0.2, -0.15) is 0 Å². The maximum absolute atomic E-state index is 11.6. The van der Waals surface area contributed by atoms with E-state index in [9.17, 15) is 4.79 Å². The molecule has 1 amide bonds. The highest BCUT2D eigenvalue weighted by atomic mass is 16.5. The predicted octanol–water partition coefficient (Wildman–Crippen LogP) is 2.95. The van der Waals surface area contributed by atoms with E-state index in [-0.39, 0.29) is 5.60 Å². The highest BCUT2D eigenvalue weighted by Crippen LogP contribution is 2.51. The smallest absolute Gasteiger partial charge is 0.267 e. The van der Waals surface area contributed by atoms with Crippen molar-refractivity contribution in [2.45, 2.75) is 31.4 Å². The third-order valence-electron chi connectivity index (χ3n) is 6.33. The van der Waals surface area contributed by atoms with Crippen molar-refractivity contribution in [2.75, 3.05) is 20.2 Å². The Bertz CT molecular complexity index is 794. The van der Waals surface area contributed by atoms with Crippen molar-refractivity contribution in [3.8, 4) is 0 Å². The van der Waals surface area contributed by atoms with E-state index in [0.717, 1.165) is 38.0 Å². The second-order valence-corrected chi connectivity index (χ2v) is 7.80. The molecule has 5 heteroatoms. The summed E-state index contributed by atoms with van der Waals surface area (Å²) in [7, 11) is 1.81. The number of ether oxygens (including phenoxy) is 1. The van der Waals surface area contributed by atoms with Crippen LogP contribution in [0.2, 0.25) is 0 Å². The lowest BCUT2D eigenvalue weighted by Gasteiger charge is -2.55. The van der Waals surface area contributed by atoms with Gasteiger partial charge in [-0.3, -0.25) is 14.7 Å². The molecule has 2 heterocycles. The summed E-state index contributed by atoms with van der Waals surface area (Å²) in [4.78, 5) is 18.3. The summed E-state index contributed by atoms with van der Waals surface area (Å²) in [5, 5.41) is 0. The van der Waals surface area contributed by atoms with Gasteiger partial charge >= 0.3 is 0 Å². The van der Waals surface area contributed by atoms with Crippen LogP contribution >= 0.6 is 0 Å². The molecule has 1 aromatic heterocycles. The molecule has 2 aromatic rings. The van der Waals surface area contributed by atoms with E-state index in [1.807, 2.05) is 19.2 Å². The van der Waals surface area contributed by atoms with Crippen molar-refractivity contribution in [1.29, 1.82) is 0 Å². The SMILES string of the molecule is COC1(c2ccnc(C(N)=O)c2)C2CCCC1CN(Cc1ccccc1)C2. The standard InChI is InChI=1S/C22H27N3O2/c1-27-22(17-10-11-24-20(12-17)21(23)26)18-8-5-9-19(22)15-25(14-18)13-16-6-3-2-4-7-16/h2-4,6-7,10-12,18-19H,5,8-9,13-15H2,1H3,(H2,23,26). The predicted molar refractivity (Wildman–Crippen MR) is 104 cm³/mol. The van der Waals surface area contributed by atoms with Crippen LogP contribution in [-0.2, 0) is 16.9 Å². The topological polar surface area (TPSA) is 68.5 Å². The first kappa shape index (κ1) is 18.1. The Morgan fingerprint density at radius 2 is 1.93 bits per heavy atom. The van der Waals surface area contributed by atoms with Gasteiger partial charge in [-0.25, -0.2) is 0 Å². The van der Waals surface area contributed by atoms with Gasteiger partial charge in [0.1, 0.15) is 11.3 Å². The number of nitrogens with two attached hydrogens (primary N) is 1. The summed E-state index contributed by atoms with van der Waals surface area (Å²) < 4.78 is 6.26. The number of nitrogens with zero attached hydrogens (tertiary/aromatic N) is 2. The molecule has 1 saturated carbocycles. The van der Waals surface area contributed by atoms with Gasteiger partial charge in [0.05, 0.1) is 0 Å². The molecule has 1 aromatic carbocycles. The van der Waals surface area contributed by atoms with E-state index in [0.29, 0.717) is 17.5 Å². The molecule has 1 saturated heterocycles. The number of likely N-dealkylation sites (tertiary alicyclic amines) is 1. The molecule has 2 fully saturated rings.